The average Bonchev–Trinajstić information content (AvgIpc) is 2.95. The summed E-state index contributed by atoms with van der Waals surface area (Å²) in [5.74, 6) is 2.29. The molecule has 0 aliphatic carbocycles. The molecule has 2 aliphatic rings. The maximum atomic E-state index is 4.78. The number of rotatable bonds is 2. The Kier molecular flexibility index (Phi) is 2.90. The molecule has 1 atom stereocenters. The summed E-state index contributed by atoms with van der Waals surface area (Å²) in [7, 11) is 0. The van der Waals surface area contributed by atoms with Crippen LogP contribution >= 0.6 is 0 Å². The molecule has 3 heterocycles. The van der Waals surface area contributed by atoms with Crippen molar-refractivity contribution in [3.63, 3.8) is 0 Å². The van der Waals surface area contributed by atoms with Gasteiger partial charge in [-0.15, -0.1) is 0 Å². The van der Waals surface area contributed by atoms with Crippen molar-refractivity contribution in [1.29, 1.82) is 0 Å². The number of hydrogen-bond acceptors (Lipinski definition) is 3. The molecule has 0 N–H and O–H groups in total. The van der Waals surface area contributed by atoms with Crippen molar-refractivity contribution in [3.8, 4) is 0 Å². The van der Waals surface area contributed by atoms with E-state index < -0.39 is 0 Å². The maximum absolute atomic E-state index is 4.78. The summed E-state index contributed by atoms with van der Waals surface area (Å²) < 4.78 is 2.13. The van der Waals surface area contributed by atoms with Crippen LogP contribution in [0.2, 0.25) is 0 Å². The summed E-state index contributed by atoms with van der Waals surface area (Å²) >= 11 is 0. The highest BCUT2D eigenvalue weighted by molar-refractivity contribution is 5.03. The molecule has 0 saturated carbocycles. The van der Waals surface area contributed by atoms with Crippen molar-refractivity contribution in [1.82, 2.24) is 19.7 Å². The Morgan fingerprint density at radius 2 is 2.06 bits per heavy atom. The number of aryl methyl sites for hydroxylation is 2. The molecule has 0 bridgehead atoms. The Balaban J connectivity index is 1.85. The fourth-order valence-electron chi connectivity index (χ4n) is 3.13. The third-order valence-electron chi connectivity index (χ3n) is 4.04. The van der Waals surface area contributed by atoms with Crippen LogP contribution in [0.1, 0.15) is 57.2 Å². The first-order valence-corrected chi connectivity index (χ1v) is 6.95. The normalized spacial score (nSPS) is 25.5. The second kappa shape index (κ2) is 4.41. The van der Waals surface area contributed by atoms with E-state index in [1.54, 1.807) is 0 Å². The number of aromatic nitrogens is 3. The van der Waals surface area contributed by atoms with Gasteiger partial charge in [-0.25, -0.2) is 9.67 Å². The van der Waals surface area contributed by atoms with Crippen LogP contribution in [0, 0.1) is 0 Å². The van der Waals surface area contributed by atoms with E-state index in [4.69, 9.17) is 10.1 Å². The largest absolute Gasteiger partial charge is 0.291 e. The molecule has 0 amide bonds. The van der Waals surface area contributed by atoms with Crippen molar-refractivity contribution < 1.29 is 0 Å². The van der Waals surface area contributed by atoms with Gasteiger partial charge in [0.2, 0.25) is 0 Å². The highest BCUT2D eigenvalue weighted by Crippen LogP contribution is 2.32. The van der Waals surface area contributed by atoms with Crippen LogP contribution in [0.5, 0.6) is 0 Å². The van der Waals surface area contributed by atoms with Crippen molar-refractivity contribution in [2.24, 2.45) is 0 Å². The Bertz CT molecular complexity index is 373. The number of hydrogen-bond donors (Lipinski definition) is 0. The van der Waals surface area contributed by atoms with Crippen LogP contribution in [0.25, 0.3) is 0 Å². The average molecular weight is 234 g/mol. The Morgan fingerprint density at radius 1 is 1.18 bits per heavy atom. The zero-order valence-corrected chi connectivity index (χ0v) is 10.9. The van der Waals surface area contributed by atoms with E-state index in [2.05, 4.69) is 23.4 Å². The first kappa shape index (κ1) is 11.2. The van der Waals surface area contributed by atoms with E-state index in [9.17, 15) is 0 Å². The zero-order valence-electron chi connectivity index (χ0n) is 10.9. The van der Waals surface area contributed by atoms with Crippen LogP contribution in [-0.2, 0) is 13.0 Å². The molecule has 2 aliphatic heterocycles. The molecular formula is C13H22N4. The second-order valence-electron chi connectivity index (χ2n) is 5.56. The molecule has 94 valence electrons. The van der Waals surface area contributed by atoms with Gasteiger partial charge >= 0.3 is 0 Å². The molecule has 1 fully saturated rings. The van der Waals surface area contributed by atoms with Crippen LogP contribution in [0.3, 0.4) is 0 Å². The molecule has 0 spiro atoms. The summed E-state index contributed by atoms with van der Waals surface area (Å²) in [4.78, 5) is 7.32. The lowest BCUT2D eigenvalue weighted by Crippen LogP contribution is -2.30. The molecule has 3 rings (SSSR count). The van der Waals surface area contributed by atoms with Crippen molar-refractivity contribution in [2.75, 3.05) is 6.54 Å². The lowest BCUT2D eigenvalue weighted by atomic mass is 10.2. The Labute approximate surface area is 103 Å². The SMILES string of the molecule is CC(C)N1CCCC1c1nc2n(n1)CCCC2. The van der Waals surface area contributed by atoms with Gasteiger partial charge in [-0.05, 0) is 46.1 Å². The maximum Gasteiger partial charge on any atom is 0.168 e. The smallest absolute Gasteiger partial charge is 0.168 e. The monoisotopic (exact) mass is 234 g/mol. The van der Waals surface area contributed by atoms with Crippen molar-refractivity contribution in [3.05, 3.63) is 11.6 Å². The summed E-state index contributed by atoms with van der Waals surface area (Å²) in [5, 5.41) is 4.73. The van der Waals surface area contributed by atoms with Gasteiger partial charge in [-0.2, -0.15) is 5.10 Å². The first-order chi connectivity index (χ1) is 8.25. The van der Waals surface area contributed by atoms with Gasteiger partial charge < -0.3 is 0 Å². The number of nitrogens with zero attached hydrogens (tertiary/aromatic N) is 4. The third kappa shape index (κ3) is 1.99. The third-order valence-corrected chi connectivity index (χ3v) is 4.04. The summed E-state index contributed by atoms with van der Waals surface area (Å²) in [6.45, 7) is 6.81. The fraction of sp³-hybridized carbons (Fsp3) is 0.846. The van der Waals surface area contributed by atoms with Gasteiger partial charge in [0.05, 0.1) is 6.04 Å². The zero-order chi connectivity index (χ0) is 11.8. The molecule has 0 radical (unpaired) electrons. The molecule has 17 heavy (non-hydrogen) atoms. The highest BCUT2D eigenvalue weighted by Gasteiger charge is 2.31. The molecule has 1 aromatic rings. The van der Waals surface area contributed by atoms with E-state index in [1.807, 2.05) is 0 Å². The van der Waals surface area contributed by atoms with Crippen LogP contribution < -0.4 is 0 Å². The van der Waals surface area contributed by atoms with Crippen molar-refractivity contribution >= 4 is 0 Å². The van der Waals surface area contributed by atoms with Gasteiger partial charge in [-0.3, -0.25) is 4.90 Å². The van der Waals surface area contributed by atoms with E-state index in [0.717, 1.165) is 18.8 Å². The first-order valence-electron chi connectivity index (χ1n) is 6.95. The van der Waals surface area contributed by atoms with Gasteiger partial charge in [-0.1, -0.05) is 0 Å². The van der Waals surface area contributed by atoms with E-state index in [-0.39, 0.29) is 0 Å². The van der Waals surface area contributed by atoms with Gasteiger partial charge in [0, 0.05) is 19.0 Å². The van der Waals surface area contributed by atoms with E-state index >= 15 is 0 Å². The number of fused-ring (bicyclic) bond motifs is 1. The molecular weight excluding hydrogens is 212 g/mol. The predicted molar refractivity (Wildman–Crippen MR) is 66.8 cm³/mol. The molecule has 1 saturated heterocycles. The molecule has 1 aromatic heterocycles. The standard InChI is InChI=1S/C13H22N4/c1-10(2)16-8-5-6-11(16)13-14-12-7-3-4-9-17(12)15-13/h10-11H,3-9H2,1-2H3. The fourth-order valence-corrected chi connectivity index (χ4v) is 3.13. The summed E-state index contributed by atoms with van der Waals surface area (Å²) in [6.07, 6.45) is 6.15. The predicted octanol–water partition coefficient (Wildman–Crippen LogP) is 2.16. The van der Waals surface area contributed by atoms with Gasteiger partial charge in [0.15, 0.2) is 5.82 Å². The van der Waals surface area contributed by atoms with E-state index in [0.29, 0.717) is 12.1 Å². The molecule has 4 heteroatoms. The van der Waals surface area contributed by atoms with Gasteiger partial charge in [0.25, 0.3) is 0 Å². The number of likely N-dealkylation sites (tertiary alicyclic amines) is 1. The minimum atomic E-state index is 0.466. The summed E-state index contributed by atoms with van der Waals surface area (Å²) in [5.41, 5.74) is 0. The lowest BCUT2D eigenvalue weighted by Gasteiger charge is -2.26. The lowest BCUT2D eigenvalue weighted by molar-refractivity contribution is 0.198. The highest BCUT2D eigenvalue weighted by atomic mass is 15.4. The quantitative estimate of drug-likeness (QED) is 0.786. The molecule has 1 unspecified atom stereocenters. The van der Waals surface area contributed by atoms with Crippen LogP contribution in [0.4, 0.5) is 0 Å². The van der Waals surface area contributed by atoms with Crippen LogP contribution in [0.15, 0.2) is 0 Å². The molecule has 0 aromatic carbocycles. The van der Waals surface area contributed by atoms with Crippen molar-refractivity contribution in [2.45, 2.75) is 64.6 Å². The Morgan fingerprint density at radius 3 is 2.82 bits per heavy atom. The second-order valence-corrected chi connectivity index (χ2v) is 5.56. The summed E-state index contributed by atoms with van der Waals surface area (Å²) in [6, 6.07) is 1.07. The minimum Gasteiger partial charge on any atom is -0.291 e. The molecule has 4 nitrogen and oxygen atoms in total. The van der Waals surface area contributed by atoms with Gasteiger partial charge in [0.1, 0.15) is 5.82 Å². The topological polar surface area (TPSA) is 34.0 Å². The Hall–Kier alpha value is -0.900. The van der Waals surface area contributed by atoms with E-state index in [1.165, 1.54) is 38.1 Å². The minimum absolute atomic E-state index is 0.466. The van der Waals surface area contributed by atoms with Crippen LogP contribution in [-0.4, -0.2) is 32.3 Å².